The average molecular weight is 372 g/mol. The molecule has 1 fully saturated rings. The molecule has 1 aliphatic heterocycles. The van der Waals surface area contributed by atoms with Crippen LogP contribution in [0.3, 0.4) is 0 Å². The number of nitrogens with one attached hydrogen (secondary N) is 5. The van der Waals surface area contributed by atoms with E-state index >= 15 is 0 Å². The Morgan fingerprint density at radius 3 is 1.48 bits per heavy atom. The summed E-state index contributed by atoms with van der Waals surface area (Å²) in [6.45, 7) is 8.87. The second-order valence-electron chi connectivity index (χ2n) is 5.73. The topological polar surface area (TPSA) is 94.3 Å². The summed E-state index contributed by atoms with van der Waals surface area (Å²) in [7, 11) is -1.86. The second-order valence-corrected chi connectivity index (χ2v) is 7.61. The van der Waals surface area contributed by atoms with Crippen LogP contribution in [-0.2, 0) is 10.0 Å². The first-order valence-corrected chi connectivity index (χ1v) is 10.5. The molecule has 144 valence electrons. The highest BCUT2D eigenvalue weighted by molar-refractivity contribution is 7.89. The first kappa shape index (κ1) is 22.0. The molecule has 25 heavy (non-hydrogen) atoms. The van der Waals surface area contributed by atoms with Crippen molar-refractivity contribution in [2.75, 3.05) is 59.4 Å². The van der Waals surface area contributed by atoms with Crippen LogP contribution in [0.2, 0.25) is 0 Å². The highest BCUT2D eigenvalue weighted by atomic mass is 32.2. The Bertz CT molecular complexity index is 472. The van der Waals surface area contributed by atoms with E-state index in [2.05, 4.69) is 26.0 Å². The summed E-state index contributed by atoms with van der Waals surface area (Å²) in [6.07, 6.45) is 2.44. The summed E-state index contributed by atoms with van der Waals surface area (Å²) >= 11 is 0. The molecule has 1 aromatic carbocycles. The fourth-order valence-corrected chi connectivity index (χ4v) is 3.00. The number of hydrogen-bond acceptors (Lipinski definition) is 6. The summed E-state index contributed by atoms with van der Waals surface area (Å²) in [4.78, 5) is 0.294. The van der Waals surface area contributed by atoms with Crippen molar-refractivity contribution >= 4 is 10.0 Å². The third-order valence-electron chi connectivity index (χ3n) is 3.69. The van der Waals surface area contributed by atoms with Gasteiger partial charge in [0.1, 0.15) is 0 Å². The zero-order chi connectivity index (χ0) is 18.2. The Morgan fingerprint density at radius 1 is 0.720 bits per heavy atom. The van der Waals surface area contributed by atoms with E-state index in [0.29, 0.717) is 4.90 Å². The molecule has 5 N–H and O–H groups in total. The predicted octanol–water partition coefficient (Wildman–Crippen LogP) is -0.267. The normalized spacial score (nSPS) is 18.4. The minimum Gasteiger partial charge on any atom is -0.315 e. The Balaban J connectivity index is 0.000000257. The lowest BCUT2D eigenvalue weighted by atomic mass is 10.3. The molecular weight excluding hydrogens is 338 g/mol. The van der Waals surface area contributed by atoms with Crippen LogP contribution in [0.4, 0.5) is 0 Å². The fourth-order valence-electron chi connectivity index (χ4n) is 2.25. The number of rotatable bonds is 2. The van der Waals surface area contributed by atoms with Crippen LogP contribution < -0.4 is 26.0 Å². The van der Waals surface area contributed by atoms with Crippen molar-refractivity contribution in [1.29, 1.82) is 0 Å². The highest BCUT2D eigenvalue weighted by Crippen LogP contribution is 2.05. The van der Waals surface area contributed by atoms with Crippen molar-refractivity contribution in [3.63, 3.8) is 0 Å². The van der Waals surface area contributed by atoms with Crippen molar-refractivity contribution < 1.29 is 8.42 Å². The van der Waals surface area contributed by atoms with E-state index in [1.165, 1.54) is 19.9 Å². The molecule has 0 saturated carbocycles. The second kappa shape index (κ2) is 14.2. The van der Waals surface area contributed by atoms with Gasteiger partial charge < -0.3 is 21.3 Å². The lowest BCUT2D eigenvalue weighted by molar-refractivity contribution is 0.530. The summed E-state index contributed by atoms with van der Waals surface area (Å²) in [5, 5.41) is 13.7. The summed E-state index contributed by atoms with van der Waals surface area (Å²) < 4.78 is 24.4. The molecule has 1 heterocycles. The molecular formula is C17H33N5O2S. The van der Waals surface area contributed by atoms with Gasteiger partial charge in [0.05, 0.1) is 4.90 Å². The molecule has 0 radical (unpaired) electrons. The minimum atomic E-state index is -3.25. The SMILES string of the molecule is C1CNCCNCCCNCCNC1.CNS(=O)(=O)c1ccccc1. The van der Waals surface area contributed by atoms with Crippen molar-refractivity contribution in [1.82, 2.24) is 26.0 Å². The molecule has 0 bridgehead atoms. The van der Waals surface area contributed by atoms with E-state index in [0.717, 1.165) is 52.4 Å². The van der Waals surface area contributed by atoms with Gasteiger partial charge in [-0.1, -0.05) is 18.2 Å². The average Bonchev–Trinajstić information content (AvgIpc) is 2.65. The van der Waals surface area contributed by atoms with E-state index in [9.17, 15) is 8.42 Å². The lowest BCUT2D eigenvalue weighted by Gasteiger charge is -2.10. The van der Waals surface area contributed by atoms with Gasteiger partial charge in [0.2, 0.25) is 10.0 Å². The van der Waals surface area contributed by atoms with Gasteiger partial charge >= 0.3 is 0 Å². The van der Waals surface area contributed by atoms with E-state index in [1.54, 1.807) is 30.3 Å². The molecule has 8 heteroatoms. The van der Waals surface area contributed by atoms with Crippen LogP contribution in [0.15, 0.2) is 35.2 Å². The van der Waals surface area contributed by atoms with Gasteiger partial charge in [-0.05, 0) is 58.2 Å². The number of sulfonamides is 1. The molecule has 0 spiro atoms. The third kappa shape index (κ3) is 11.2. The molecule has 0 atom stereocenters. The van der Waals surface area contributed by atoms with Gasteiger partial charge in [-0.25, -0.2) is 13.1 Å². The molecule has 1 aliphatic rings. The zero-order valence-corrected chi connectivity index (χ0v) is 16.0. The molecule has 0 unspecified atom stereocenters. The smallest absolute Gasteiger partial charge is 0.240 e. The first-order valence-electron chi connectivity index (χ1n) is 8.98. The van der Waals surface area contributed by atoms with Crippen molar-refractivity contribution in [2.45, 2.75) is 17.7 Å². The Labute approximate surface area is 152 Å². The van der Waals surface area contributed by atoms with Gasteiger partial charge in [-0.15, -0.1) is 0 Å². The largest absolute Gasteiger partial charge is 0.315 e. The molecule has 7 nitrogen and oxygen atoms in total. The van der Waals surface area contributed by atoms with Gasteiger partial charge in [0, 0.05) is 26.2 Å². The Hall–Kier alpha value is -1.03. The lowest BCUT2D eigenvalue weighted by Crippen LogP contribution is -2.34. The molecule has 0 aromatic heterocycles. The van der Waals surface area contributed by atoms with Crippen LogP contribution in [0.25, 0.3) is 0 Å². The van der Waals surface area contributed by atoms with Crippen LogP contribution in [-0.4, -0.2) is 67.8 Å². The number of benzene rings is 1. The Morgan fingerprint density at radius 2 is 1.12 bits per heavy atom. The number of hydrogen-bond donors (Lipinski definition) is 5. The van der Waals surface area contributed by atoms with E-state index < -0.39 is 10.0 Å². The van der Waals surface area contributed by atoms with Crippen LogP contribution in [0, 0.1) is 0 Å². The third-order valence-corrected chi connectivity index (χ3v) is 5.12. The van der Waals surface area contributed by atoms with E-state index in [1.807, 2.05) is 0 Å². The van der Waals surface area contributed by atoms with E-state index in [4.69, 9.17) is 0 Å². The summed E-state index contributed by atoms with van der Waals surface area (Å²) in [6, 6.07) is 8.24. The van der Waals surface area contributed by atoms with Gasteiger partial charge in [0.15, 0.2) is 0 Å². The molecule has 0 aliphatic carbocycles. The molecule has 0 amide bonds. The van der Waals surface area contributed by atoms with Crippen molar-refractivity contribution in [3.8, 4) is 0 Å². The minimum absolute atomic E-state index is 0.294. The van der Waals surface area contributed by atoms with Gasteiger partial charge in [-0.2, -0.15) is 0 Å². The quantitative estimate of drug-likeness (QED) is 0.492. The first-order chi connectivity index (χ1) is 12.2. The Kier molecular flexibility index (Phi) is 12.5. The van der Waals surface area contributed by atoms with Crippen molar-refractivity contribution in [3.05, 3.63) is 30.3 Å². The van der Waals surface area contributed by atoms with Gasteiger partial charge in [0.25, 0.3) is 0 Å². The highest BCUT2D eigenvalue weighted by Gasteiger charge is 2.08. The van der Waals surface area contributed by atoms with Crippen molar-refractivity contribution in [2.24, 2.45) is 0 Å². The molecule has 2 rings (SSSR count). The maximum Gasteiger partial charge on any atom is 0.240 e. The summed E-state index contributed by atoms with van der Waals surface area (Å²) in [5.41, 5.74) is 0. The zero-order valence-electron chi connectivity index (χ0n) is 15.2. The van der Waals surface area contributed by atoms with E-state index in [-0.39, 0.29) is 0 Å². The predicted molar refractivity (Wildman–Crippen MR) is 103 cm³/mol. The van der Waals surface area contributed by atoms with Gasteiger partial charge in [-0.3, -0.25) is 0 Å². The van der Waals surface area contributed by atoms with Crippen LogP contribution >= 0.6 is 0 Å². The summed E-state index contributed by atoms with van der Waals surface area (Å²) in [5.74, 6) is 0. The van der Waals surface area contributed by atoms with Crippen LogP contribution in [0.5, 0.6) is 0 Å². The maximum atomic E-state index is 11.1. The fraction of sp³-hybridized carbons (Fsp3) is 0.647. The molecule has 1 aromatic rings. The maximum absolute atomic E-state index is 11.1. The van der Waals surface area contributed by atoms with Crippen LogP contribution in [0.1, 0.15) is 12.8 Å². The monoisotopic (exact) mass is 371 g/mol. The molecule has 1 saturated heterocycles. The standard InChI is InChI=1S/C10H24N4.C7H9NO2S/c1-3-11-7-9-13-5-2-6-14-10-8-12-4-1;1-8-11(9,10)7-5-3-2-4-6-7/h11-14H,1-10H2;2-6,8H,1H3.